The van der Waals surface area contributed by atoms with Crippen LogP contribution in [0.1, 0.15) is 6.92 Å². The van der Waals surface area contributed by atoms with Gasteiger partial charge in [0.25, 0.3) is 0 Å². The van der Waals surface area contributed by atoms with Crippen LogP contribution in [0.2, 0.25) is 0 Å². The molecule has 1 saturated heterocycles. The smallest absolute Gasteiger partial charge is 0.249 e. The molecule has 6 nitrogen and oxygen atoms in total. The molecule has 0 radical (unpaired) electrons. The van der Waals surface area contributed by atoms with Crippen LogP contribution < -0.4 is 10.6 Å². The van der Waals surface area contributed by atoms with Gasteiger partial charge in [0.05, 0.1) is 0 Å². The Morgan fingerprint density at radius 2 is 2.22 bits per heavy atom. The van der Waals surface area contributed by atoms with Crippen LogP contribution >= 0.6 is 0 Å². The first-order valence-electron chi connectivity index (χ1n) is 6.58. The average Bonchev–Trinajstić information content (AvgIpc) is 2.79. The van der Waals surface area contributed by atoms with Crippen LogP contribution in [0.25, 0.3) is 0 Å². The van der Waals surface area contributed by atoms with Gasteiger partial charge in [0, 0.05) is 38.9 Å². The van der Waals surface area contributed by atoms with E-state index in [0.29, 0.717) is 0 Å². The third kappa shape index (κ3) is 1.77. The van der Waals surface area contributed by atoms with Crippen LogP contribution in [0, 0.1) is 0 Å². The van der Waals surface area contributed by atoms with E-state index in [4.69, 9.17) is 4.99 Å². The van der Waals surface area contributed by atoms with Gasteiger partial charge < -0.3 is 20.4 Å². The first-order valence-corrected chi connectivity index (χ1v) is 6.58. The molecule has 18 heavy (non-hydrogen) atoms. The molecule has 2 atom stereocenters. The molecular weight excluding hydrogens is 230 g/mol. The highest BCUT2D eigenvalue weighted by molar-refractivity contribution is 5.94. The van der Waals surface area contributed by atoms with Crippen molar-refractivity contribution in [3.8, 4) is 0 Å². The molecule has 0 aliphatic carbocycles. The maximum atomic E-state index is 12.0. The van der Waals surface area contributed by atoms with E-state index >= 15 is 0 Å². The summed E-state index contributed by atoms with van der Waals surface area (Å²) in [6.45, 7) is 6.76. The minimum Gasteiger partial charge on any atom is -0.340 e. The van der Waals surface area contributed by atoms with Gasteiger partial charge in [-0.05, 0) is 13.0 Å². The van der Waals surface area contributed by atoms with Crippen molar-refractivity contribution in [2.45, 2.75) is 19.0 Å². The highest BCUT2D eigenvalue weighted by Crippen LogP contribution is 2.23. The lowest BCUT2D eigenvalue weighted by atomic mass is 10.1. The average molecular weight is 249 g/mol. The van der Waals surface area contributed by atoms with E-state index in [9.17, 15) is 4.79 Å². The minimum absolute atomic E-state index is 0.0245. The quantitative estimate of drug-likeness (QED) is 0.623. The van der Waals surface area contributed by atoms with E-state index in [1.54, 1.807) is 6.20 Å². The van der Waals surface area contributed by atoms with E-state index in [1.165, 1.54) is 0 Å². The molecule has 3 rings (SSSR count). The van der Waals surface area contributed by atoms with Crippen molar-refractivity contribution in [3.63, 3.8) is 0 Å². The molecule has 3 aliphatic heterocycles. The largest absolute Gasteiger partial charge is 0.340 e. The van der Waals surface area contributed by atoms with E-state index < -0.39 is 0 Å². The number of hydrogen-bond acceptors (Lipinski definition) is 5. The second-order valence-corrected chi connectivity index (χ2v) is 4.76. The van der Waals surface area contributed by atoms with Gasteiger partial charge in [-0.15, -0.1) is 0 Å². The van der Waals surface area contributed by atoms with E-state index in [0.717, 1.165) is 38.7 Å². The number of amides is 1. The molecule has 1 fully saturated rings. The van der Waals surface area contributed by atoms with Crippen LogP contribution in [0.15, 0.2) is 17.3 Å². The van der Waals surface area contributed by atoms with Crippen molar-refractivity contribution in [2.75, 3.05) is 32.7 Å². The number of carbonyl (C=O) groups excluding carboxylic acids is 1. The number of fused-ring (bicyclic) bond motifs is 1. The summed E-state index contributed by atoms with van der Waals surface area (Å²) in [7, 11) is 0. The fourth-order valence-corrected chi connectivity index (χ4v) is 2.81. The van der Waals surface area contributed by atoms with E-state index in [2.05, 4.69) is 27.4 Å². The van der Waals surface area contributed by atoms with Crippen LogP contribution in [0.4, 0.5) is 0 Å². The number of aliphatic imine (C=N–C) groups is 1. The molecule has 3 heterocycles. The van der Waals surface area contributed by atoms with Gasteiger partial charge in [-0.2, -0.15) is 0 Å². The molecule has 0 aromatic heterocycles. The van der Waals surface area contributed by atoms with Crippen molar-refractivity contribution < 1.29 is 4.79 Å². The molecule has 2 N–H and O–H groups in total. The topological polar surface area (TPSA) is 60.0 Å². The number of rotatable bonds is 1. The number of nitrogens with zero attached hydrogens (tertiary/aromatic N) is 3. The lowest BCUT2D eigenvalue weighted by molar-refractivity contribution is -0.124. The standard InChI is InChI=1S/C12H19N5O/c1-2-17-10-9(3-4-14-11(10)18)15-12(17)16-7-5-13-6-8-16/h3-4,9-10,13H,2,5-8H2,1H3,(H,14,18). The van der Waals surface area contributed by atoms with Crippen molar-refractivity contribution >= 4 is 11.9 Å². The lowest BCUT2D eigenvalue weighted by Crippen LogP contribution is -2.56. The lowest BCUT2D eigenvalue weighted by Gasteiger charge is -2.35. The number of hydrogen-bond donors (Lipinski definition) is 2. The van der Waals surface area contributed by atoms with E-state index in [1.807, 2.05) is 6.08 Å². The van der Waals surface area contributed by atoms with Gasteiger partial charge in [-0.3, -0.25) is 4.79 Å². The molecule has 0 aromatic carbocycles. The fraction of sp³-hybridized carbons (Fsp3) is 0.667. The number of carbonyl (C=O) groups is 1. The second-order valence-electron chi connectivity index (χ2n) is 4.76. The Hall–Kier alpha value is -1.56. The van der Waals surface area contributed by atoms with Gasteiger partial charge in [-0.25, -0.2) is 4.99 Å². The van der Waals surface area contributed by atoms with Gasteiger partial charge >= 0.3 is 0 Å². The maximum Gasteiger partial charge on any atom is 0.249 e. The normalized spacial score (nSPS) is 31.2. The van der Waals surface area contributed by atoms with Crippen LogP contribution in [0.3, 0.4) is 0 Å². The van der Waals surface area contributed by atoms with Gasteiger partial charge in [-0.1, -0.05) is 0 Å². The Labute approximate surface area is 107 Å². The molecule has 2 unspecified atom stereocenters. The molecular formula is C12H19N5O. The fourth-order valence-electron chi connectivity index (χ4n) is 2.81. The molecule has 0 aromatic rings. The van der Waals surface area contributed by atoms with Crippen molar-refractivity contribution in [2.24, 2.45) is 4.99 Å². The highest BCUT2D eigenvalue weighted by Gasteiger charge is 2.42. The van der Waals surface area contributed by atoms with Gasteiger partial charge in [0.1, 0.15) is 12.1 Å². The summed E-state index contributed by atoms with van der Waals surface area (Å²) < 4.78 is 0. The molecule has 1 amide bonds. The monoisotopic (exact) mass is 249 g/mol. The predicted octanol–water partition coefficient (Wildman–Crippen LogP) is -1.04. The molecule has 0 spiro atoms. The van der Waals surface area contributed by atoms with Gasteiger partial charge in [0.2, 0.25) is 5.91 Å². The Balaban J connectivity index is 1.85. The third-order valence-corrected chi connectivity index (χ3v) is 3.71. The third-order valence-electron chi connectivity index (χ3n) is 3.71. The summed E-state index contributed by atoms with van der Waals surface area (Å²) in [4.78, 5) is 21.1. The number of piperazine rings is 1. The predicted molar refractivity (Wildman–Crippen MR) is 69.1 cm³/mol. The number of guanidine groups is 1. The number of likely N-dealkylation sites (N-methyl/N-ethyl adjacent to an activating group) is 1. The van der Waals surface area contributed by atoms with Crippen LogP contribution in [0.5, 0.6) is 0 Å². The zero-order chi connectivity index (χ0) is 12.5. The van der Waals surface area contributed by atoms with Gasteiger partial charge in [0.15, 0.2) is 5.96 Å². The molecule has 0 saturated carbocycles. The van der Waals surface area contributed by atoms with Crippen LogP contribution in [-0.4, -0.2) is 66.5 Å². The zero-order valence-corrected chi connectivity index (χ0v) is 10.6. The SMILES string of the molecule is CCN1C(N2CCNCC2)=NC2C=CNC(=O)C21. The molecule has 3 aliphatic rings. The minimum atomic E-state index is -0.162. The Morgan fingerprint density at radius 3 is 2.94 bits per heavy atom. The summed E-state index contributed by atoms with van der Waals surface area (Å²) in [6, 6.07) is -0.187. The van der Waals surface area contributed by atoms with Crippen molar-refractivity contribution in [1.29, 1.82) is 0 Å². The summed E-state index contributed by atoms with van der Waals surface area (Å²) in [5, 5.41) is 6.11. The van der Waals surface area contributed by atoms with Crippen molar-refractivity contribution in [1.82, 2.24) is 20.4 Å². The summed E-state index contributed by atoms with van der Waals surface area (Å²) >= 11 is 0. The molecule has 0 bridgehead atoms. The summed E-state index contributed by atoms with van der Waals surface area (Å²) in [5.41, 5.74) is 0. The zero-order valence-electron chi connectivity index (χ0n) is 10.6. The number of nitrogens with one attached hydrogen (secondary N) is 2. The Bertz CT molecular complexity index is 399. The Kier molecular flexibility index (Phi) is 2.95. The maximum absolute atomic E-state index is 12.0. The van der Waals surface area contributed by atoms with E-state index in [-0.39, 0.29) is 18.0 Å². The summed E-state index contributed by atoms with van der Waals surface area (Å²) in [6.07, 6.45) is 3.69. The highest BCUT2D eigenvalue weighted by atomic mass is 16.2. The van der Waals surface area contributed by atoms with Crippen molar-refractivity contribution in [3.05, 3.63) is 12.3 Å². The summed E-state index contributed by atoms with van der Waals surface area (Å²) in [5.74, 6) is 1.04. The first kappa shape index (κ1) is 11.5. The first-order chi connectivity index (χ1) is 8.81. The Morgan fingerprint density at radius 1 is 1.44 bits per heavy atom. The second kappa shape index (κ2) is 4.61. The molecule has 6 heteroatoms. The molecule has 98 valence electrons. The van der Waals surface area contributed by atoms with Crippen LogP contribution in [-0.2, 0) is 4.79 Å².